The van der Waals surface area contributed by atoms with E-state index in [2.05, 4.69) is 28.2 Å². The number of thioether (sulfide) groups is 1. The molecule has 1 unspecified atom stereocenters. The van der Waals surface area contributed by atoms with Crippen molar-refractivity contribution in [3.8, 4) is 0 Å². The Balaban J connectivity index is 2.19. The maximum atomic E-state index is 13.5. The minimum Gasteiger partial charge on any atom is -0.378 e. The number of rotatable bonds is 4. The van der Waals surface area contributed by atoms with Crippen molar-refractivity contribution in [2.24, 2.45) is 0 Å². The van der Waals surface area contributed by atoms with E-state index in [-0.39, 0.29) is 20.6 Å². The first kappa shape index (κ1) is 14.6. The van der Waals surface area contributed by atoms with E-state index in [1.54, 1.807) is 0 Å². The molecule has 1 aromatic rings. The van der Waals surface area contributed by atoms with E-state index in [1.807, 2.05) is 11.8 Å². The van der Waals surface area contributed by atoms with Gasteiger partial charge in [-0.2, -0.15) is 11.8 Å². The van der Waals surface area contributed by atoms with E-state index in [0.29, 0.717) is 6.54 Å². The minimum atomic E-state index is -0.503. The highest BCUT2D eigenvalue weighted by Gasteiger charge is 2.30. The fraction of sp³-hybridized carbons (Fsp3) is 0.500. The molecular formula is C12H14BrFN2O2S. The van der Waals surface area contributed by atoms with Gasteiger partial charge in [0.05, 0.1) is 9.40 Å². The van der Waals surface area contributed by atoms with Gasteiger partial charge >= 0.3 is 0 Å². The van der Waals surface area contributed by atoms with Crippen LogP contribution in [0, 0.1) is 15.9 Å². The predicted octanol–water partition coefficient (Wildman–Crippen LogP) is 4.19. The maximum Gasteiger partial charge on any atom is 0.293 e. The number of hydrogen-bond acceptors (Lipinski definition) is 4. The molecule has 1 heterocycles. The molecule has 1 aliphatic heterocycles. The summed E-state index contributed by atoms with van der Waals surface area (Å²) in [5.74, 6) is 0.604. The van der Waals surface area contributed by atoms with Crippen LogP contribution in [0.4, 0.5) is 15.8 Å². The number of halogens is 2. The molecule has 0 radical (unpaired) electrons. The number of nitrogens with zero attached hydrogens (tertiary/aromatic N) is 1. The van der Waals surface area contributed by atoms with Gasteiger partial charge in [0.2, 0.25) is 0 Å². The first-order valence-corrected chi connectivity index (χ1v) is 7.70. The number of benzene rings is 1. The van der Waals surface area contributed by atoms with Gasteiger partial charge in [0.1, 0.15) is 11.5 Å². The van der Waals surface area contributed by atoms with Crippen LogP contribution >= 0.6 is 27.7 Å². The summed E-state index contributed by atoms with van der Waals surface area (Å²) in [6, 6.07) is 2.37. The van der Waals surface area contributed by atoms with Gasteiger partial charge in [0, 0.05) is 23.4 Å². The van der Waals surface area contributed by atoms with E-state index in [1.165, 1.54) is 12.1 Å². The Morgan fingerprint density at radius 2 is 2.37 bits per heavy atom. The Bertz CT molecular complexity index is 507. The summed E-state index contributed by atoms with van der Waals surface area (Å²) in [5, 5.41) is 14.0. The molecule has 0 bridgehead atoms. The highest BCUT2D eigenvalue weighted by Crippen LogP contribution is 2.38. The van der Waals surface area contributed by atoms with Crippen molar-refractivity contribution in [1.29, 1.82) is 0 Å². The monoisotopic (exact) mass is 348 g/mol. The largest absolute Gasteiger partial charge is 0.378 e. The van der Waals surface area contributed by atoms with Gasteiger partial charge < -0.3 is 5.32 Å². The second kappa shape index (κ2) is 5.66. The van der Waals surface area contributed by atoms with Gasteiger partial charge in [-0.1, -0.05) is 0 Å². The van der Waals surface area contributed by atoms with Crippen LogP contribution in [0.2, 0.25) is 0 Å². The Labute approximate surface area is 123 Å². The second-order valence-corrected chi connectivity index (χ2v) is 7.33. The van der Waals surface area contributed by atoms with Gasteiger partial charge in [-0.05, 0) is 41.4 Å². The zero-order chi connectivity index (χ0) is 14.0. The number of anilines is 1. The molecule has 1 aliphatic rings. The fourth-order valence-electron chi connectivity index (χ4n) is 2.09. The molecule has 1 N–H and O–H groups in total. The van der Waals surface area contributed by atoms with E-state index in [4.69, 9.17) is 0 Å². The normalized spacial score (nSPS) is 22.5. The first-order valence-electron chi connectivity index (χ1n) is 5.92. The van der Waals surface area contributed by atoms with E-state index < -0.39 is 10.7 Å². The minimum absolute atomic E-state index is 0.0669. The highest BCUT2D eigenvalue weighted by atomic mass is 79.9. The number of hydrogen-bond donors (Lipinski definition) is 1. The second-order valence-electron chi connectivity index (χ2n) is 4.80. The van der Waals surface area contributed by atoms with Crippen molar-refractivity contribution in [2.75, 3.05) is 17.6 Å². The molecule has 19 heavy (non-hydrogen) atoms. The molecule has 0 aliphatic carbocycles. The maximum absolute atomic E-state index is 13.5. The third-order valence-corrected chi connectivity index (χ3v) is 5.33. The average molecular weight is 349 g/mol. The van der Waals surface area contributed by atoms with E-state index in [0.717, 1.165) is 18.6 Å². The lowest BCUT2D eigenvalue weighted by Crippen LogP contribution is -2.27. The molecule has 1 saturated heterocycles. The molecule has 1 atom stereocenters. The van der Waals surface area contributed by atoms with Crippen LogP contribution in [-0.2, 0) is 0 Å². The third-order valence-electron chi connectivity index (χ3n) is 3.19. The van der Waals surface area contributed by atoms with Crippen molar-refractivity contribution >= 4 is 39.1 Å². The Kier molecular flexibility index (Phi) is 4.35. The van der Waals surface area contributed by atoms with Gasteiger partial charge in [0.25, 0.3) is 5.69 Å². The van der Waals surface area contributed by atoms with Crippen LogP contribution < -0.4 is 5.32 Å². The van der Waals surface area contributed by atoms with Crippen LogP contribution in [0.15, 0.2) is 16.6 Å². The molecular weight excluding hydrogens is 335 g/mol. The van der Waals surface area contributed by atoms with E-state index >= 15 is 0 Å². The van der Waals surface area contributed by atoms with Crippen LogP contribution in [-0.4, -0.2) is 22.0 Å². The Hall–Kier alpha value is -0.820. The van der Waals surface area contributed by atoms with Crippen molar-refractivity contribution in [2.45, 2.75) is 24.5 Å². The quantitative estimate of drug-likeness (QED) is 0.654. The molecule has 0 amide bonds. The van der Waals surface area contributed by atoms with Crippen molar-refractivity contribution in [3.63, 3.8) is 0 Å². The standard InChI is InChI=1S/C12H14BrFN2O2S/c1-12(3-2-4-19-12)7-15-10-6-9(14)8(13)5-11(10)16(17)18/h5-6,15H,2-4,7H2,1H3. The molecule has 1 fully saturated rings. The van der Waals surface area contributed by atoms with E-state index in [9.17, 15) is 14.5 Å². The third kappa shape index (κ3) is 3.39. The Morgan fingerprint density at radius 3 is 2.95 bits per heavy atom. The fourth-order valence-corrected chi connectivity index (χ4v) is 3.66. The topological polar surface area (TPSA) is 55.2 Å². The number of nitro groups is 1. The first-order chi connectivity index (χ1) is 8.91. The zero-order valence-corrected chi connectivity index (χ0v) is 12.8. The number of nitro benzene ring substituents is 1. The van der Waals surface area contributed by atoms with Gasteiger partial charge in [-0.15, -0.1) is 0 Å². The number of nitrogens with one attached hydrogen (secondary N) is 1. The lowest BCUT2D eigenvalue weighted by Gasteiger charge is -2.23. The van der Waals surface area contributed by atoms with Crippen LogP contribution in [0.25, 0.3) is 0 Å². The molecule has 4 nitrogen and oxygen atoms in total. The zero-order valence-electron chi connectivity index (χ0n) is 10.4. The molecule has 2 rings (SSSR count). The Morgan fingerprint density at radius 1 is 1.63 bits per heavy atom. The highest BCUT2D eigenvalue weighted by molar-refractivity contribution is 9.10. The summed E-state index contributed by atoms with van der Waals surface area (Å²) < 4.78 is 13.7. The van der Waals surface area contributed by atoms with Crippen LogP contribution in [0.3, 0.4) is 0 Å². The lowest BCUT2D eigenvalue weighted by atomic mass is 10.1. The SMILES string of the molecule is CC1(CNc2cc(F)c(Br)cc2[N+](=O)[O-])CCCS1. The van der Waals surface area contributed by atoms with Crippen molar-refractivity contribution < 1.29 is 9.31 Å². The van der Waals surface area contributed by atoms with Crippen molar-refractivity contribution in [3.05, 3.63) is 32.5 Å². The summed E-state index contributed by atoms with van der Waals surface area (Å²) in [6.07, 6.45) is 2.22. The summed E-state index contributed by atoms with van der Waals surface area (Å²) in [5.41, 5.74) is 0.124. The van der Waals surface area contributed by atoms with Gasteiger partial charge in [0.15, 0.2) is 0 Å². The summed E-state index contributed by atoms with van der Waals surface area (Å²) in [6.45, 7) is 2.72. The molecule has 104 valence electrons. The molecule has 1 aromatic carbocycles. The van der Waals surface area contributed by atoms with Gasteiger partial charge in [-0.3, -0.25) is 10.1 Å². The van der Waals surface area contributed by atoms with Crippen LogP contribution in [0.1, 0.15) is 19.8 Å². The summed E-state index contributed by atoms with van der Waals surface area (Å²) in [4.78, 5) is 10.5. The molecule has 0 saturated carbocycles. The van der Waals surface area contributed by atoms with Gasteiger partial charge in [-0.25, -0.2) is 4.39 Å². The summed E-state index contributed by atoms with van der Waals surface area (Å²) >= 11 is 4.82. The van der Waals surface area contributed by atoms with Crippen LogP contribution in [0.5, 0.6) is 0 Å². The molecule has 0 spiro atoms. The smallest absolute Gasteiger partial charge is 0.293 e. The summed E-state index contributed by atoms with van der Waals surface area (Å²) in [7, 11) is 0. The van der Waals surface area contributed by atoms with Crippen molar-refractivity contribution in [1.82, 2.24) is 0 Å². The predicted molar refractivity (Wildman–Crippen MR) is 79.3 cm³/mol. The molecule has 0 aromatic heterocycles. The molecule has 7 heteroatoms. The average Bonchev–Trinajstić information content (AvgIpc) is 2.77. The lowest BCUT2D eigenvalue weighted by molar-refractivity contribution is -0.384.